The van der Waals surface area contributed by atoms with Gasteiger partial charge in [0.1, 0.15) is 0 Å². The fourth-order valence-corrected chi connectivity index (χ4v) is 1.47. The number of nitrogens with two attached hydrogens (primary N) is 1. The smallest absolute Gasteiger partial charge is 0.347 e. The van der Waals surface area contributed by atoms with E-state index < -0.39 is 0 Å². The molecular weight excluding hydrogens is 214 g/mol. The number of hydrogen-bond acceptors (Lipinski definition) is 5. The van der Waals surface area contributed by atoms with Crippen molar-refractivity contribution in [1.29, 1.82) is 0 Å². The number of rotatable bonds is 3. The first kappa shape index (κ1) is 11.8. The summed E-state index contributed by atoms with van der Waals surface area (Å²) in [5, 5.41) is 4.49. The minimum atomic E-state index is -0.248. The van der Waals surface area contributed by atoms with Crippen LogP contribution in [0.4, 0.5) is 10.7 Å². The molecule has 0 unspecified atom stereocenters. The second kappa shape index (κ2) is 5.01. The third-order valence-electron chi connectivity index (χ3n) is 1.86. The van der Waals surface area contributed by atoms with E-state index in [9.17, 15) is 4.79 Å². The molecule has 0 saturated carbocycles. The highest BCUT2D eigenvalue weighted by atomic mass is 32.2. The van der Waals surface area contributed by atoms with E-state index in [1.807, 2.05) is 13.2 Å². The lowest BCUT2D eigenvalue weighted by Crippen LogP contribution is -2.33. The molecule has 0 radical (unpaired) electrons. The molecule has 6 nitrogen and oxygen atoms in total. The number of nitrogen functional groups attached to an aromatic ring is 1. The topological polar surface area (TPSA) is 77.0 Å². The Kier molecular flexibility index (Phi) is 3.96. The standard InChI is InChI=1S/C8H15N5OS/c1-4-5-12(2)8(14)13-6(9)10-7(11-13)15-3/h4-5H2,1-3H3,(H2,9,10,11). The van der Waals surface area contributed by atoms with Crippen LogP contribution in [0, 0.1) is 0 Å². The molecule has 15 heavy (non-hydrogen) atoms. The van der Waals surface area contributed by atoms with Gasteiger partial charge in [-0.1, -0.05) is 18.7 Å². The van der Waals surface area contributed by atoms with Crippen molar-refractivity contribution in [3.05, 3.63) is 0 Å². The van der Waals surface area contributed by atoms with Crippen molar-refractivity contribution in [1.82, 2.24) is 19.7 Å². The Bertz CT molecular complexity index is 351. The Balaban J connectivity index is 2.85. The van der Waals surface area contributed by atoms with Crippen molar-refractivity contribution in [2.24, 2.45) is 0 Å². The highest BCUT2D eigenvalue weighted by Crippen LogP contribution is 2.11. The van der Waals surface area contributed by atoms with E-state index in [1.54, 1.807) is 11.9 Å². The fraction of sp³-hybridized carbons (Fsp3) is 0.625. The van der Waals surface area contributed by atoms with Gasteiger partial charge in [-0.25, -0.2) is 4.79 Å². The predicted octanol–water partition coefficient (Wildman–Crippen LogP) is 0.892. The van der Waals surface area contributed by atoms with Crippen LogP contribution in [0.25, 0.3) is 0 Å². The summed E-state index contributed by atoms with van der Waals surface area (Å²) in [6.45, 7) is 2.68. The lowest BCUT2D eigenvalue weighted by molar-refractivity contribution is 0.207. The molecule has 0 aromatic carbocycles. The zero-order chi connectivity index (χ0) is 11.4. The van der Waals surface area contributed by atoms with Gasteiger partial charge < -0.3 is 10.6 Å². The monoisotopic (exact) mass is 229 g/mol. The molecule has 0 saturated heterocycles. The molecule has 7 heteroatoms. The first-order chi connectivity index (χ1) is 7.10. The lowest BCUT2D eigenvalue weighted by atomic mass is 10.4. The Morgan fingerprint density at radius 2 is 2.33 bits per heavy atom. The molecule has 0 aliphatic heterocycles. The highest BCUT2D eigenvalue weighted by molar-refractivity contribution is 7.98. The van der Waals surface area contributed by atoms with Gasteiger partial charge in [-0.3, -0.25) is 0 Å². The largest absolute Gasteiger partial charge is 0.368 e. The van der Waals surface area contributed by atoms with Crippen molar-refractivity contribution < 1.29 is 4.79 Å². The zero-order valence-corrected chi connectivity index (χ0v) is 9.91. The number of aromatic nitrogens is 3. The minimum absolute atomic E-state index is 0.132. The minimum Gasteiger partial charge on any atom is -0.368 e. The van der Waals surface area contributed by atoms with Crippen LogP contribution in [0.2, 0.25) is 0 Å². The average Bonchev–Trinajstić information content (AvgIpc) is 2.59. The van der Waals surface area contributed by atoms with Gasteiger partial charge in [-0.2, -0.15) is 4.98 Å². The number of nitrogens with zero attached hydrogens (tertiary/aromatic N) is 4. The van der Waals surface area contributed by atoms with Crippen LogP contribution in [0.3, 0.4) is 0 Å². The lowest BCUT2D eigenvalue weighted by Gasteiger charge is -2.15. The number of carbonyl (C=O) groups excluding carboxylic acids is 1. The molecule has 1 heterocycles. The maximum absolute atomic E-state index is 11.8. The molecule has 0 bridgehead atoms. The number of hydrogen-bond donors (Lipinski definition) is 1. The van der Waals surface area contributed by atoms with Crippen molar-refractivity contribution >= 4 is 23.7 Å². The van der Waals surface area contributed by atoms with E-state index in [0.29, 0.717) is 11.7 Å². The van der Waals surface area contributed by atoms with Crippen molar-refractivity contribution in [2.75, 3.05) is 25.6 Å². The van der Waals surface area contributed by atoms with Gasteiger partial charge in [0.05, 0.1) is 0 Å². The molecular formula is C8H15N5OS. The molecule has 1 amide bonds. The van der Waals surface area contributed by atoms with Crippen LogP contribution in [0.15, 0.2) is 5.16 Å². The predicted molar refractivity (Wildman–Crippen MR) is 59.9 cm³/mol. The summed E-state index contributed by atoms with van der Waals surface area (Å²) in [7, 11) is 1.71. The highest BCUT2D eigenvalue weighted by Gasteiger charge is 2.16. The second-order valence-corrected chi connectivity index (χ2v) is 3.85. The van der Waals surface area contributed by atoms with Crippen LogP contribution in [0.1, 0.15) is 13.3 Å². The molecule has 1 aromatic heterocycles. The van der Waals surface area contributed by atoms with E-state index >= 15 is 0 Å². The summed E-state index contributed by atoms with van der Waals surface area (Å²) in [4.78, 5) is 17.3. The van der Waals surface area contributed by atoms with E-state index in [1.165, 1.54) is 11.8 Å². The van der Waals surface area contributed by atoms with Gasteiger partial charge in [0.2, 0.25) is 11.1 Å². The van der Waals surface area contributed by atoms with Crippen LogP contribution in [-0.2, 0) is 0 Å². The van der Waals surface area contributed by atoms with Crippen LogP contribution in [0.5, 0.6) is 0 Å². The quantitative estimate of drug-likeness (QED) is 0.779. The summed E-state index contributed by atoms with van der Waals surface area (Å²) in [6.07, 6.45) is 2.73. The number of anilines is 1. The van der Waals surface area contributed by atoms with Crippen LogP contribution in [-0.4, -0.2) is 45.5 Å². The fourth-order valence-electron chi connectivity index (χ4n) is 1.12. The molecule has 0 atom stereocenters. The first-order valence-electron chi connectivity index (χ1n) is 4.62. The van der Waals surface area contributed by atoms with Gasteiger partial charge in [0.25, 0.3) is 0 Å². The van der Waals surface area contributed by atoms with E-state index in [0.717, 1.165) is 11.1 Å². The average molecular weight is 229 g/mol. The molecule has 2 N–H and O–H groups in total. The first-order valence-corrected chi connectivity index (χ1v) is 5.84. The number of carbonyl (C=O) groups is 1. The second-order valence-electron chi connectivity index (χ2n) is 3.07. The Hall–Kier alpha value is -1.24. The summed E-state index contributed by atoms with van der Waals surface area (Å²) < 4.78 is 1.13. The maximum atomic E-state index is 11.8. The maximum Gasteiger partial charge on any atom is 0.347 e. The molecule has 1 rings (SSSR count). The van der Waals surface area contributed by atoms with Gasteiger partial charge in [0.15, 0.2) is 0 Å². The molecule has 0 aliphatic rings. The van der Waals surface area contributed by atoms with Gasteiger partial charge >= 0.3 is 6.03 Å². The van der Waals surface area contributed by atoms with Gasteiger partial charge in [-0.05, 0) is 12.7 Å². The summed E-state index contributed by atoms with van der Waals surface area (Å²) in [5.74, 6) is 0.132. The van der Waals surface area contributed by atoms with Crippen molar-refractivity contribution in [3.8, 4) is 0 Å². The molecule has 84 valence electrons. The van der Waals surface area contributed by atoms with Gasteiger partial charge in [-0.15, -0.1) is 9.78 Å². The van der Waals surface area contributed by atoms with Crippen LogP contribution >= 0.6 is 11.8 Å². The molecule has 0 aliphatic carbocycles. The normalized spacial score (nSPS) is 10.3. The molecule has 0 fully saturated rings. The summed E-state index contributed by atoms with van der Waals surface area (Å²) in [6, 6.07) is -0.248. The molecule has 1 aromatic rings. The Morgan fingerprint density at radius 1 is 1.67 bits per heavy atom. The summed E-state index contributed by atoms with van der Waals surface area (Å²) in [5.41, 5.74) is 5.58. The van der Waals surface area contributed by atoms with E-state index in [4.69, 9.17) is 5.73 Å². The third kappa shape index (κ3) is 2.62. The van der Waals surface area contributed by atoms with E-state index in [2.05, 4.69) is 10.1 Å². The van der Waals surface area contributed by atoms with Crippen molar-refractivity contribution in [3.63, 3.8) is 0 Å². The summed E-state index contributed by atoms with van der Waals surface area (Å²) >= 11 is 1.35. The zero-order valence-electron chi connectivity index (χ0n) is 9.10. The van der Waals surface area contributed by atoms with Crippen molar-refractivity contribution in [2.45, 2.75) is 18.5 Å². The van der Waals surface area contributed by atoms with Crippen LogP contribution < -0.4 is 5.73 Å². The third-order valence-corrected chi connectivity index (χ3v) is 2.40. The Labute approximate surface area is 92.8 Å². The SMILES string of the molecule is CCCN(C)C(=O)n1nc(SC)nc1N. The Morgan fingerprint density at radius 3 is 2.80 bits per heavy atom. The van der Waals surface area contributed by atoms with Gasteiger partial charge in [0, 0.05) is 13.6 Å². The number of thioether (sulfide) groups is 1. The molecule has 0 spiro atoms. The number of amides is 1. The van der Waals surface area contributed by atoms with E-state index in [-0.39, 0.29) is 12.0 Å².